The molecule has 0 radical (unpaired) electrons. The molecule has 0 unspecified atom stereocenters. The third-order valence-electron chi connectivity index (χ3n) is 4.39. The predicted molar refractivity (Wildman–Crippen MR) is 119 cm³/mol. The van der Waals surface area contributed by atoms with E-state index in [-0.39, 0.29) is 17.7 Å². The smallest absolute Gasteiger partial charge is 0.441 e. The SMILES string of the molecule is CCc1nc([C@H](Cc2ccc(NS(=O)(=O)O)cc2)Nc2nc(NC(=O)OC)[n+](C)[nH]2)cs1. The second-order valence-electron chi connectivity index (χ2n) is 6.77. The zero-order valence-electron chi connectivity index (χ0n) is 17.6. The van der Waals surface area contributed by atoms with Crippen molar-refractivity contribution in [2.75, 3.05) is 22.5 Å². The van der Waals surface area contributed by atoms with Crippen LogP contribution < -0.4 is 20.0 Å². The van der Waals surface area contributed by atoms with E-state index in [2.05, 4.69) is 30.4 Å². The van der Waals surface area contributed by atoms with Gasteiger partial charge in [-0.3, -0.25) is 9.27 Å². The molecule has 1 atom stereocenters. The number of rotatable bonds is 9. The molecule has 0 aliphatic rings. The number of methoxy groups -OCH3 is 1. The van der Waals surface area contributed by atoms with Crippen molar-refractivity contribution in [3.8, 4) is 0 Å². The summed E-state index contributed by atoms with van der Waals surface area (Å²) in [5, 5.41) is 11.8. The van der Waals surface area contributed by atoms with E-state index in [1.54, 1.807) is 42.6 Å². The first-order chi connectivity index (χ1) is 15.2. The minimum atomic E-state index is -4.33. The Balaban J connectivity index is 1.82. The first-order valence-electron chi connectivity index (χ1n) is 9.53. The Bertz CT molecular complexity index is 1170. The first-order valence-corrected chi connectivity index (χ1v) is 11.8. The number of hydrogen-bond donors (Lipinski definition) is 5. The fraction of sp³-hybridized carbons (Fsp3) is 0.333. The van der Waals surface area contributed by atoms with Crippen LogP contribution in [0, 0.1) is 0 Å². The summed E-state index contributed by atoms with van der Waals surface area (Å²) in [6.45, 7) is 2.03. The van der Waals surface area contributed by atoms with E-state index in [0.717, 1.165) is 22.7 Å². The molecular weight excluding hydrogens is 458 g/mol. The van der Waals surface area contributed by atoms with E-state index in [1.165, 1.54) is 11.8 Å². The van der Waals surface area contributed by atoms with Gasteiger partial charge >= 0.3 is 28.3 Å². The number of ether oxygens (including phenoxy) is 1. The summed E-state index contributed by atoms with van der Waals surface area (Å²) in [6, 6.07) is 6.36. The van der Waals surface area contributed by atoms with Gasteiger partial charge in [-0.25, -0.2) is 14.9 Å². The Morgan fingerprint density at radius 2 is 2.03 bits per heavy atom. The second-order valence-corrected chi connectivity index (χ2v) is 8.86. The Morgan fingerprint density at radius 3 is 2.62 bits per heavy atom. The molecule has 0 bridgehead atoms. The summed E-state index contributed by atoms with van der Waals surface area (Å²) in [4.78, 5) is 20.5. The van der Waals surface area contributed by atoms with E-state index >= 15 is 0 Å². The Morgan fingerprint density at radius 1 is 1.31 bits per heavy atom. The van der Waals surface area contributed by atoms with Crippen molar-refractivity contribution in [3.63, 3.8) is 0 Å². The second kappa shape index (κ2) is 9.93. The van der Waals surface area contributed by atoms with Crippen molar-refractivity contribution in [1.29, 1.82) is 0 Å². The number of amides is 1. The molecule has 2 aromatic heterocycles. The largest absolute Gasteiger partial charge is 0.476 e. The highest BCUT2D eigenvalue weighted by atomic mass is 32.2. The lowest BCUT2D eigenvalue weighted by Gasteiger charge is -2.15. The molecule has 0 saturated carbocycles. The lowest BCUT2D eigenvalue weighted by molar-refractivity contribution is -0.713. The molecule has 2 heterocycles. The molecule has 0 spiro atoms. The van der Waals surface area contributed by atoms with Crippen molar-refractivity contribution < 1.29 is 27.2 Å². The number of carbonyl (C=O) groups is 1. The van der Waals surface area contributed by atoms with Crippen LogP contribution in [0.5, 0.6) is 0 Å². The van der Waals surface area contributed by atoms with Crippen LogP contribution in [-0.4, -0.2) is 41.2 Å². The van der Waals surface area contributed by atoms with Crippen molar-refractivity contribution in [2.45, 2.75) is 25.8 Å². The Kier molecular flexibility index (Phi) is 7.27. The number of carbonyl (C=O) groups excluding carboxylic acids is 1. The molecule has 5 N–H and O–H groups in total. The molecule has 32 heavy (non-hydrogen) atoms. The van der Waals surface area contributed by atoms with Gasteiger partial charge in [0.25, 0.3) is 0 Å². The van der Waals surface area contributed by atoms with Crippen LogP contribution >= 0.6 is 11.3 Å². The molecular formula is C18H24N7O5S2+. The predicted octanol–water partition coefficient (Wildman–Crippen LogP) is 2.04. The maximum atomic E-state index is 11.5. The maximum Gasteiger partial charge on any atom is 0.476 e. The summed E-state index contributed by atoms with van der Waals surface area (Å²) in [7, 11) is -1.38. The summed E-state index contributed by atoms with van der Waals surface area (Å²) < 4.78 is 39.0. The van der Waals surface area contributed by atoms with E-state index in [4.69, 9.17) is 4.55 Å². The number of nitrogens with one attached hydrogen (secondary N) is 4. The lowest BCUT2D eigenvalue weighted by atomic mass is 10.0. The maximum absolute atomic E-state index is 11.5. The highest BCUT2D eigenvalue weighted by molar-refractivity contribution is 7.87. The van der Waals surface area contributed by atoms with Gasteiger partial charge in [-0.2, -0.15) is 18.4 Å². The van der Waals surface area contributed by atoms with Crippen LogP contribution in [0.2, 0.25) is 0 Å². The number of anilines is 3. The third-order valence-corrected chi connectivity index (χ3v) is 5.89. The summed E-state index contributed by atoms with van der Waals surface area (Å²) in [6.07, 6.45) is 0.695. The van der Waals surface area contributed by atoms with Gasteiger partial charge in [0.05, 0.1) is 36.6 Å². The molecule has 0 saturated heterocycles. The number of H-pyrrole nitrogens is 1. The quantitative estimate of drug-likeness (QED) is 0.229. The zero-order valence-corrected chi connectivity index (χ0v) is 19.2. The molecule has 0 fully saturated rings. The number of aromatic nitrogens is 4. The molecule has 172 valence electrons. The van der Waals surface area contributed by atoms with Gasteiger partial charge in [0, 0.05) is 5.38 Å². The first kappa shape index (κ1) is 23.4. The summed E-state index contributed by atoms with van der Waals surface area (Å²) in [5.41, 5.74) is 1.98. The highest BCUT2D eigenvalue weighted by Gasteiger charge is 2.23. The molecule has 0 aliphatic heterocycles. The van der Waals surface area contributed by atoms with E-state index in [0.29, 0.717) is 12.4 Å². The van der Waals surface area contributed by atoms with E-state index in [1.807, 2.05) is 17.0 Å². The van der Waals surface area contributed by atoms with Gasteiger partial charge in [0.2, 0.25) is 0 Å². The van der Waals surface area contributed by atoms with Crippen molar-refractivity contribution >= 4 is 45.3 Å². The number of aryl methyl sites for hydroxylation is 2. The minimum Gasteiger partial charge on any atom is -0.441 e. The van der Waals surface area contributed by atoms with Gasteiger partial charge in [-0.1, -0.05) is 19.1 Å². The van der Waals surface area contributed by atoms with Crippen LogP contribution in [0.4, 0.5) is 22.4 Å². The topological polar surface area (TPSA) is 162 Å². The molecule has 14 heteroatoms. The number of benzene rings is 1. The van der Waals surface area contributed by atoms with Gasteiger partial charge in [-0.15, -0.1) is 11.3 Å². The highest BCUT2D eigenvalue weighted by Crippen LogP contribution is 2.25. The number of thiazole rings is 1. The molecule has 1 amide bonds. The van der Waals surface area contributed by atoms with Crippen LogP contribution in [0.3, 0.4) is 0 Å². The van der Waals surface area contributed by atoms with Crippen molar-refractivity contribution in [2.24, 2.45) is 7.05 Å². The van der Waals surface area contributed by atoms with Crippen LogP contribution in [0.15, 0.2) is 29.6 Å². The Labute approximate surface area is 188 Å². The van der Waals surface area contributed by atoms with Crippen LogP contribution in [0.1, 0.15) is 29.2 Å². The monoisotopic (exact) mass is 482 g/mol. The fourth-order valence-corrected chi connectivity index (χ4v) is 4.10. The average Bonchev–Trinajstić information content (AvgIpc) is 3.34. The van der Waals surface area contributed by atoms with Crippen LogP contribution in [-0.2, 0) is 34.9 Å². The van der Waals surface area contributed by atoms with Gasteiger partial charge < -0.3 is 10.1 Å². The molecule has 3 aromatic rings. The summed E-state index contributed by atoms with van der Waals surface area (Å²) >= 11 is 1.56. The summed E-state index contributed by atoms with van der Waals surface area (Å²) in [5.74, 6) is 0.686. The Hall–Kier alpha value is -3.23. The van der Waals surface area contributed by atoms with E-state index in [9.17, 15) is 13.2 Å². The third kappa shape index (κ3) is 6.38. The minimum absolute atomic E-state index is 0.249. The number of nitrogens with zero attached hydrogens (tertiary/aromatic N) is 3. The fourth-order valence-electron chi connectivity index (χ4n) is 2.87. The van der Waals surface area contributed by atoms with Gasteiger partial charge in [0.1, 0.15) is 0 Å². The van der Waals surface area contributed by atoms with Gasteiger partial charge in [0.15, 0.2) is 0 Å². The molecule has 0 aliphatic carbocycles. The molecule has 3 rings (SSSR count). The lowest BCUT2D eigenvalue weighted by Crippen LogP contribution is -2.35. The average molecular weight is 483 g/mol. The normalized spacial score (nSPS) is 12.2. The van der Waals surface area contributed by atoms with Crippen LogP contribution in [0.25, 0.3) is 0 Å². The van der Waals surface area contributed by atoms with Crippen molar-refractivity contribution in [3.05, 3.63) is 45.9 Å². The van der Waals surface area contributed by atoms with Crippen molar-refractivity contribution in [1.82, 2.24) is 15.1 Å². The number of hydrogen-bond acceptors (Lipinski definition) is 8. The standard InChI is InChI=1S/C18H23N7O5S2/c1-4-15-19-14(10-31-15)13(9-11-5-7-12(8-6-11)24-32(27,28)29)20-16-21-17(25(2)23-16)22-18(26)30-3/h5-8,10,13,24H,4,9H2,1-3H3,(H3,20,21,22,23,26,27,28,29)/p+1/t13-/m0/s1. The van der Waals surface area contributed by atoms with Gasteiger partial charge in [-0.05, 0) is 35.5 Å². The molecule has 1 aromatic carbocycles. The zero-order chi connectivity index (χ0) is 23.3. The number of aromatic amines is 1. The van der Waals surface area contributed by atoms with E-state index < -0.39 is 16.4 Å². The molecule has 12 nitrogen and oxygen atoms in total.